The van der Waals surface area contributed by atoms with Crippen molar-refractivity contribution in [3.05, 3.63) is 47.9 Å². The van der Waals surface area contributed by atoms with Crippen molar-refractivity contribution in [2.75, 3.05) is 0 Å². The molecule has 0 aliphatic heterocycles. The highest BCUT2D eigenvalue weighted by molar-refractivity contribution is 7.80. The van der Waals surface area contributed by atoms with Gasteiger partial charge in [-0.1, -0.05) is 30.3 Å². The summed E-state index contributed by atoms with van der Waals surface area (Å²) in [6.45, 7) is 1.14. The van der Waals surface area contributed by atoms with Crippen LogP contribution < -0.4 is 0 Å². The summed E-state index contributed by atoms with van der Waals surface area (Å²) in [5.74, 6) is 0. The lowest BCUT2D eigenvalue weighted by Gasteiger charge is -2.05. The zero-order valence-corrected chi connectivity index (χ0v) is 10.0. The van der Waals surface area contributed by atoms with Crippen molar-refractivity contribution in [1.82, 2.24) is 9.55 Å². The van der Waals surface area contributed by atoms with Gasteiger partial charge in [0.05, 0.1) is 25.2 Å². The maximum absolute atomic E-state index is 5.62. The average Bonchev–Trinajstić information content (AvgIpc) is 2.62. The first-order chi connectivity index (χ1) is 7.77. The molecule has 4 heteroatoms. The summed E-state index contributed by atoms with van der Waals surface area (Å²) in [6, 6.07) is 10.1. The third-order valence-corrected chi connectivity index (χ3v) is 2.76. The van der Waals surface area contributed by atoms with Crippen LogP contribution in [0.4, 0.5) is 0 Å². The zero-order valence-electron chi connectivity index (χ0n) is 9.13. The number of aryl methyl sites for hydroxylation is 1. The van der Waals surface area contributed by atoms with E-state index in [2.05, 4.69) is 17.6 Å². The Hall–Kier alpha value is -1.26. The normalized spacial score (nSPS) is 10.6. The molecular formula is C12H14N2OS. The molecule has 0 saturated carbocycles. The molecular weight excluding hydrogens is 220 g/mol. The predicted molar refractivity (Wildman–Crippen MR) is 65.4 cm³/mol. The number of ether oxygens (including phenoxy) is 1. The van der Waals surface area contributed by atoms with E-state index in [4.69, 9.17) is 4.74 Å². The van der Waals surface area contributed by atoms with Gasteiger partial charge < -0.3 is 9.30 Å². The monoisotopic (exact) mass is 234 g/mol. The van der Waals surface area contributed by atoms with Crippen molar-refractivity contribution < 1.29 is 4.74 Å². The Morgan fingerprint density at radius 2 is 2.00 bits per heavy atom. The Morgan fingerprint density at radius 1 is 1.25 bits per heavy atom. The van der Waals surface area contributed by atoms with Gasteiger partial charge in [-0.05, 0) is 5.56 Å². The zero-order chi connectivity index (χ0) is 11.4. The fraction of sp³-hybridized carbons (Fsp3) is 0.250. The highest BCUT2D eigenvalue weighted by Gasteiger charge is 2.04. The minimum absolute atomic E-state index is 0.532. The molecule has 1 heterocycles. The molecule has 0 N–H and O–H groups in total. The van der Waals surface area contributed by atoms with E-state index in [1.807, 2.05) is 41.9 Å². The summed E-state index contributed by atoms with van der Waals surface area (Å²) < 4.78 is 7.54. The van der Waals surface area contributed by atoms with E-state index in [0.717, 1.165) is 10.7 Å². The molecule has 3 nitrogen and oxygen atoms in total. The molecule has 0 atom stereocenters. The van der Waals surface area contributed by atoms with E-state index in [1.54, 1.807) is 6.33 Å². The number of nitrogens with zero attached hydrogens (tertiary/aromatic N) is 2. The van der Waals surface area contributed by atoms with E-state index in [-0.39, 0.29) is 0 Å². The molecule has 0 aliphatic carbocycles. The maximum Gasteiger partial charge on any atom is 0.117 e. The van der Waals surface area contributed by atoms with Gasteiger partial charge in [0.25, 0.3) is 0 Å². The van der Waals surface area contributed by atoms with Crippen molar-refractivity contribution >= 4 is 12.6 Å². The molecule has 0 aliphatic rings. The number of benzene rings is 1. The number of aromatic nitrogens is 2. The molecule has 0 saturated heterocycles. The van der Waals surface area contributed by atoms with Gasteiger partial charge in [-0.2, -0.15) is 0 Å². The van der Waals surface area contributed by atoms with Crippen LogP contribution in [0.25, 0.3) is 0 Å². The van der Waals surface area contributed by atoms with Crippen molar-refractivity contribution in [2.45, 2.75) is 18.2 Å². The maximum atomic E-state index is 5.62. The second-order valence-electron chi connectivity index (χ2n) is 3.60. The number of hydrogen-bond acceptors (Lipinski definition) is 3. The molecule has 0 spiro atoms. The van der Waals surface area contributed by atoms with Gasteiger partial charge in [-0.3, -0.25) is 0 Å². The Morgan fingerprint density at radius 3 is 2.62 bits per heavy atom. The predicted octanol–water partition coefficient (Wildman–Crippen LogP) is 2.43. The highest BCUT2D eigenvalue weighted by atomic mass is 32.1. The van der Waals surface area contributed by atoms with Crippen molar-refractivity contribution in [2.24, 2.45) is 7.05 Å². The molecule has 0 bridgehead atoms. The molecule has 16 heavy (non-hydrogen) atoms. The van der Waals surface area contributed by atoms with Gasteiger partial charge in [0.1, 0.15) is 5.03 Å². The van der Waals surface area contributed by atoms with E-state index in [0.29, 0.717) is 13.2 Å². The van der Waals surface area contributed by atoms with E-state index < -0.39 is 0 Å². The van der Waals surface area contributed by atoms with Crippen molar-refractivity contribution in [3.8, 4) is 0 Å². The van der Waals surface area contributed by atoms with Gasteiger partial charge >= 0.3 is 0 Å². The third-order valence-electron chi connectivity index (χ3n) is 2.39. The number of rotatable bonds is 4. The minimum atomic E-state index is 0.532. The average molecular weight is 234 g/mol. The Labute approximate surface area is 100 Å². The summed E-state index contributed by atoms with van der Waals surface area (Å²) >= 11 is 4.27. The van der Waals surface area contributed by atoms with Gasteiger partial charge in [0, 0.05) is 7.05 Å². The molecule has 0 amide bonds. The quantitative estimate of drug-likeness (QED) is 0.823. The van der Waals surface area contributed by atoms with Crippen LogP contribution >= 0.6 is 12.6 Å². The fourth-order valence-electron chi connectivity index (χ4n) is 1.45. The van der Waals surface area contributed by atoms with Crippen molar-refractivity contribution in [3.63, 3.8) is 0 Å². The molecule has 1 aromatic carbocycles. The van der Waals surface area contributed by atoms with E-state index in [1.165, 1.54) is 5.56 Å². The van der Waals surface area contributed by atoms with Crippen molar-refractivity contribution in [1.29, 1.82) is 0 Å². The topological polar surface area (TPSA) is 27.1 Å². The third kappa shape index (κ3) is 2.65. The molecule has 2 rings (SSSR count). The summed E-state index contributed by atoms with van der Waals surface area (Å²) in [5, 5.41) is 0.732. The summed E-state index contributed by atoms with van der Waals surface area (Å²) in [5.41, 5.74) is 2.17. The summed E-state index contributed by atoms with van der Waals surface area (Å²) in [7, 11) is 1.94. The number of thiol groups is 1. The summed E-state index contributed by atoms with van der Waals surface area (Å²) in [4.78, 5) is 4.09. The van der Waals surface area contributed by atoms with Crippen LogP contribution in [-0.4, -0.2) is 9.55 Å². The largest absolute Gasteiger partial charge is 0.370 e. The van der Waals surface area contributed by atoms with Crippen LogP contribution in [-0.2, 0) is 25.0 Å². The second-order valence-corrected chi connectivity index (χ2v) is 4.03. The molecule has 84 valence electrons. The lowest BCUT2D eigenvalue weighted by Crippen LogP contribution is -2.00. The first kappa shape index (κ1) is 11.2. The van der Waals surface area contributed by atoms with Gasteiger partial charge in [-0.25, -0.2) is 4.98 Å². The van der Waals surface area contributed by atoms with E-state index >= 15 is 0 Å². The van der Waals surface area contributed by atoms with Crippen LogP contribution in [0.5, 0.6) is 0 Å². The summed E-state index contributed by atoms with van der Waals surface area (Å²) in [6.07, 6.45) is 1.74. The highest BCUT2D eigenvalue weighted by Crippen LogP contribution is 2.12. The lowest BCUT2D eigenvalue weighted by molar-refractivity contribution is 0.101. The Kier molecular flexibility index (Phi) is 3.64. The Balaban J connectivity index is 1.89. The smallest absolute Gasteiger partial charge is 0.117 e. The fourth-order valence-corrected chi connectivity index (χ4v) is 1.72. The van der Waals surface area contributed by atoms with Gasteiger partial charge in [0.15, 0.2) is 0 Å². The molecule has 2 aromatic rings. The van der Waals surface area contributed by atoms with Crippen LogP contribution in [0.2, 0.25) is 0 Å². The van der Waals surface area contributed by atoms with Crippen LogP contribution in [0.3, 0.4) is 0 Å². The molecule has 0 unspecified atom stereocenters. The van der Waals surface area contributed by atoms with Crippen LogP contribution in [0.15, 0.2) is 41.7 Å². The molecule has 1 aromatic heterocycles. The van der Waals surface area contributed by atoms with Crippen LogP contribution in [0, 0.1) is 0 Å². The van der Waals surface area contributed by atoms with Crippen LogP contribution in [0.1, 0.15) is 11.3 Å². The molecule has 0 fully saturated rings. The Bertz CT molecular complexity index is 434. The van der Waals surface area contributed by atoms with Gasteiger partial charge in [-0.15, -0.1) is 12.6 Å². The number of hydrogen-bond donors (Lipinski definition) is 1. The minimum Gasteiger partial charge on any atom is -0.370 e. The molecule has 0 radical (unpaired) electrons. The SMILES string of the molecule is Cn1cnc(S)c1COCc1ccccc1. The first-order valence-corrected chi connectivity index (χ1v) is 5.53. The van der Waals surface area contributed by atoms with E-state index in [9.17, 15) is 0 Å². The number of imidazole rings is 1. The first-order valence-electron chi connectivity index (χ1n) is 5.08. The second kappa shape index (κ2) is 5.18. The lowest BCUT2D eigenvalue weighted by atomic mass is 10.2. The standard InChI is InChI=1S/C12H14N2OS/c1-14-9-13-12(16)11(14)8-15-7-10-5-3-2-4-6-10/h2-6,9,16H,7-8H2,1H3. The van der Waals surface area contributed by atoms with Gasteiger partial charge in [0.2, 0.25) is 0 Å².